The van der Waals surface area contributed by atoms with Gasteiger partial charge in [0.25, 0.3) is 5.91 Å². The van der Waals surface area contributed by atoms with Crippen molar-refractivity contribution in [1.82, 2.24) is 4.90 Å². The summed E-state index contributed by atoms with van der Waals surface area (Å²) >= 11 is 0. The topological polar surface area (TPSA) is 165 Å². The average Bonchev–Trinajstić information content (AvgIpc) is 2.78. The number of phenols is 1. The summed E-state index contributed by atoms with van der Waals surface area (Å²) in [5, 5.41) is 44.3. The first-order chi connectivity index (χ1) is 16.4. The molecule has 0 heterocycles. The summed E-state index contributed by atoms with van der Waals surface area (Å²) in [4.78, 5) is 42.5. The molecule has 1 aromatic carbocycles. The zero-order chi connectivity index (χ0) is 26.0. The normalized spacial score (nSPS) is 27.3. The van der Waals surface area contributed by atoms with Crippen LogP contribution in [0.5, 0.6) is 5.75 Å². The van der Waals surface area contributed by atoms with Gasteiger partial charge < -0.3 is 31.1 Å². The predicted octanol–water partition coefficient (Wildman–Crippen LogP) is 1.23. The Morgan fingerprint density at radius 2 is 1.75 bits per heavy atom. The number of hydrogen-bond acceptors (Lipinski definition) is 9. The second kappa shape index (κ2) is 9.42. The van der Waals surface area contributed by atoms with E-state index in [1.165, 1.54) is 11.0 Å². The zero-order valence-electron chi connectivity index (χ0n) is 20.6. The number of aromatic hydroxyl groups is 1. The monoisotopic (exact) mass is 521 g/mol. The van der Waals surface area contributed by atoms with Crippen LogP contribution in [0.15, 0.2) is 29.0 Å². The van der Waals surface area contributed by atoms with E-state index >= 15 is 0 Å². The average molecular weight is 522 g/mol. The maximum atomic E-state index is 13.8. The van der Waals surface area contributed by atoms with Crippen LogP contribution in [0.1, 0.15) is 31.4 Å². The summed E-state index contributed by atoms with van der Waals surface area (Å²) in [6.45, 7) is 5.33. The molecule has 4 rings (SSSR count). The molecule has 11 heteroatoms. The smallest absolute Gasteiger partial charge is 0.255 e. The molecule has 1 saturated carbocycles. The standard InChI is InChI=1S/C25H31N3O7.ClH/c1-5-28(6-2)14-7-8-15(29)17-12(14)9-11-10-13-19(27(3)4)21(31)18(24(26)34)23(33)25(13,35)22(32)16(11)20(17)30;/h7-8,11,13,19,29-30,33,35H,5-6,9-10H2,1-4H3,(H2,26,34);1H/t11?,13?,19-,25?;/m0./s1. The molecule has 1 fully saturated rings. The van der Waals surface area contributed by atoms with Crippen LogP contribution < -0.4 is 10.6 Å². The molecule has 3 unspecified atom stereocenters. The Morgan fingerprint density at radius 3 is 2.28 bits per heavy atom. The van der Waals surface area contributed by atoms with Gasteiger partial charge in [0.05, 0.1) is 11.6 Å². The van der Waals surface area contributed by atoms with Gasteiger partial charge in [-0.2, -0.15) is 0 Å². The highest BCUT2D eigenvalue weighted by Gasteiger charge is 2.64. The van der Waals surface area contributed by atoms with Crippen molar-refractivity contribution in [2.45, 2.75) is 38.3 Å². The Kier molecular flexibility index (Phi) is 7.20. The van der Waals surface area contributed by atoms with Crippen LogP contribution in [-0.2, 0) is 20.8 Å². The number of likely N-dealkylation sites (N-methyl/N-ethyl adjacent to an activating group) is 1. The van der Waals surface area contributed by atoms with Gasteiger partial charge in [0.2, 0.25) is 5.78 Å². The lowest BCUT2D eigenvalue weighted by molar-refractivity contribution is -0.153. The number of ketones is 2. The van der Waals surface area contributed by atoms with Crippen LogP contribution in [0.25, 0.3) is 5.76 Å². The highest BCUT2D eigenvalue weighted by Crippen LogP contribution is 2.53. The number of benzene rings is 1. The van der Waals surface area contributed by atoms with Crippen molar-refractivity contribution in [3.8, 4) is 5.75 Å². The third-order valence-corrected chi connectivity index (χ3v) is 7.68. The Morgan fingerprint density at radius 1 is 1.14 bits per heavy atom. The molecular formula is C25H32ClN3O7. The first-order valence-corrected chi connectivity index (χ1v) is 11.7. The van der Waals surface area contributed by atoms with Crippen molar-refractivity contribution >= 4 is 41.3 Å². The molecular weight excluding hydrogens is 490 g/mol. The number of phenolic OH excluding ortho intramolecular Hbond substituents is 1. The summed E-state index contributed by atoms with van der Waals surface area (Å²) in [5.41, 5.74) is 3.31. The molecule has 0 saturated heterocycles. The molecule has 0 radical (unpaired) electrons. The van der Waals surface area contributed by atoms with Crippen molar-refractivity contribution in [1.29, 1.82) is 0 Å². The quantitative estimate of drug-likeness (QED) is 0.358. The van der Waals surface area contributed by atoms with E-state index in [4.69, 9.17) is 5.73 Å². The molecule has 0 aliphatic heterocycles. The predicted molar refractivity (Wildman–Crippen MR) is 135 cm³/mol. The van der Waals surface area contributed by atoms with Crippen LogP contribution in [0.2, 0.25) is 0 Å². The van der Waals surface area contributed by atoms with Gasteiger partial charge in [0, 0.05) is 30.3 Å². The number of Topliss-reactive ketones (excluding diaryl/α,β-unsaturated/α-hetero) is 2. The second-order valence-electron chi connectivity index (χ2n) is 9.59. The van der Waals surface area contributed by atoms with E-state index in [-0.39, 0.29) is 42.1 Å². The van der Waals surface area contributed by atoms with E-state index < -0.39 is 58.0 Å². The number of anilines is 1. The third-order valence-electron chi connectivity index (χ3n) is 7.68. The number of primary amides is 1. The molecule has 6 N–H and O–H groups in total. The number of aliphatic hydroxyl groups is 3. The van der Waals surface area contributed by atoms with Crippen molar-refractivity contribution < 1.29 is 34.8 Å². The van der Waals surface area contributed by atoms with Crippen LogP contribution in [0.3, 0.4) is 0 Å². The molecule has 1 amide bonds. The minimum absolute atomic E-state index is 0. The van der Waals surface area contributed by atoms with Crippen LogP contribution in [0, 0.1) is 11.8 Å². The van der Waals surface area contributed by atoms with Crippen LogP contribution >= 0.6 is 12.4 Å². The number of aliphatic hydroxyl groups excluding tert-OH is 2. The number of carbonyl (C=O) groups is 3. The Bertz CT molecular complexity index is 1200. The molecule has 0 aromatic heterocycles. The SMILES string of the molecule is CCN(CC)c1ccc(O)c2c1CC1CC3[C@H](N(C)C)C(=O)C(C(N)=O)=C(O)C3(O)C(=O)C1=C2O.Cl. The molecule has 3 aliphatic rings. The number of nitrogens with zero attached hydrogens (tertiary/aromatic N) is 2. The van der Waals surface area contributed by atoms with Gasteiger partial charge in [-0.3, -0.25) is 19.3 Å². The van der Waals surface area contributed by atoms with Gasteiger partial charge in [0.15, 0.2) is 11.4 Å². The van der Waals surface area contributed by atoms with Gasteiger partial charge in [-0.05, 0) is 64.4 Å². The molecule has 196 valence electrons. The van der Waals surface area contributed by atoms with E-state index in [0.717, 1.165) is 5.69 Å². The van der Waals surface area contributed by atoms with Gasteiger partial charge in [-0.25, -0.2) is 0 Å². The Hall–Kier alpha value is -3.08. The summed E-state index contributed by atoms with van der Waals surface area (Å²) in [6.07, 6.45) is 0.341. The fraction of sp³-hybridized carbons (Fsp3) is 0.480. The summed E-state index contributed by atoms with van der Waals surface area (Å²) in [5.74, 6) is -6.49. The second-order valence-corrected chi connectivity index (χ2v) is 9.59. The minimum atomic E-state index is -2.63. The molecule has 0 spiro atoms. The lowest BCUT2D eigenvalue weighted by Crippen LogP contribution is -2.65. The molecule has 0 bridgehead atoms. The maximum absolute atomic E-state index is 13.8. The van der Waals surface area contributed by atoms with Crippen molar-refractivity contribution in [2.75, 3.05) is 32.1 Å². The highest BCUT2D eigenvalue weighted by atomic mass is 35.5. The summed E-state index contributed by atoms with van der Waals surface area (Å²) in [6, 6.07) is 2.11. The molecule has 4 atom stereocenters. The molecule has 1 aromatic rings. The van der Waals surface area contributed by atoms with Crippen molar-refractivity contribution in [3.05, 3.63) is 40.2 Å². The van der Waals surface area contributed by atoms with E-state index in [1.54, 1.807) is 20.2 Å². The maximum Gasteiger partial charge on any atom is 0.255 e. The van der Waals surface area contributed by atoms with Crippen molar-refractivity contribution in [2.24, 2.45) is 17.6 Å². The number of halogens is 1. The number of amides is 1. The summed E-state index contributed by atoms with van der Waals surface area (Å²) < 4.78 is 0. The van der Waals surface area contributed by atoms with Crippen LogP contribution in [0.4, 0.5) is 5.69 Å². The number of carbonyl (C=O) groups excluding carboxylic acids is 3. The fourth-order valence-electron chi connectivity index (χ4n) is 6.09. The van der Waals surface area contributed by atoms with Crippen LogP contribution in [-0.4, -0.2) is 81.6 Å². The fourth-order valence-corrected chi connectivity index (χ4v) is 6.09. The first kappa shape index (κ1) is 27.5. The number of hydrogen-bond donors (Lipinski definition) is 5. The molecule has 3 aliphatic carbocycles. The Labute approximate surface area is 215 Å². The Balaban J connectivity index is 0.00000361. The van der Waals surface area contributed by atoms with E-state index in [2.05, 4.69) is 4.90 Å². The van der Waals surface area contributed by atoms with Gasteiger partial charge in [-0.15, -0.1) is 12.4 Å². The van der Waals surface area contributed by atoms with E-state index in [0.29, 0.717) is 18.7 Å². The van der Waals surface area contributed by atoms with Gasteiger partial charge >= 0.3 is 0 Å². The third kappa shape index (κ3) is 3.58. The van der Waals surface area contributed by atoms with Gasteiger partial charge in [0.1, 0.15) is 22.8 Å². The number of rotatable bonds is 5. The van der Waals surface area contributed by atoms with Gasteiger partial charge in [-0.1, -0.05) is 0 Å². The zero-order valence-corrected chi connectivity index (χ0v) is 21.4. The van der Waals surface area contributed by atoms with E-state index in [9.17, 15) is 34.8 Å². The number of fused-ring (bicyclic) bond motifs is 3. The molecule has 36 heavy (non-hydrogen) atoms. The summed E-state index contributed by atoms with van der Waals surface area (Å²) in [7, 11) is 3.15. The molecule has 10 nitrogen and oxygen atoms in total. The van der Waals surface area contributed by atoms with Crippen molar-refractivity contribution in [3.63, 3.8) is 0 Å². The van der Waals surface area contributed by atoms with E-state index in [1.807, 2.05) is 13.8 Å². The lowest BCUT2D eigenvalue weighted by Gasteiger charge is -2.50. The number of nitrogens with two attached hydrogens (primary N) is 1. The highest BCUT2D eigenvalue weighted by molar-refractivity contribution is 6.24. The first-order valence-electron chi connectivity index (χ1n) is 11.7. The largest absolute Gasteiger partial charge is 0.508 e. The minimum Gasteiger partial charge on any atom is -0.508 e. The lowest BCUT2D eigenvalue weighted by atomic mass is 9.57.